The smallest absolute Gasteiger partial charge is 0.335 e. The van der Waals surface area contributed by atoms with Crippen molar-refractivity contribution in [1.29, 1.82) is 0 Å². The molecule has 4 N–H and O–H groups in total. The summed E-state index contributed by atoms with van der Waals surface area (Å²) in [5.74, 6) is -2.02. The first-order valence-electron chi connectivity index (χ1n) is 5.83. The molecule has 0 aromatic heterocycles. The van der Waals surface area contributed by atoms with Crippen molar-refractivity contribution in [3.8, 4) is 0 Å². The number of aromatic carboxylic acids is 1. The van der Waals surface area contributed by atoms with Gasteiger partial charge >= 0.3 is 12.0 Å². The first-order chi connectivity index (χ1) is 9.38. The molecule has 1 fully saturated rings. The molecule has 1 saturated heterocycles. The molecule has 2 amide bonds. The van der Waals surface area contributed by atoms with Crippen LogP contribution in [0.25, 0.3) is 0 Å². The molecule has 1 aromatic rings. The number of urea groups is 1. The Bertz CT molecular complexity index is 541. The van der Waals surface area contributed by atoms with Gasteiger partial charge in [0.1, 0.15) is 5.82 Å². The van der Waals surface area contributed by atoms with Gasteiger partial charge in [-0.15, -0.1) is 0 Å². The first-order valence-corrected chi connectivity index (χ1v) is 5.83. The number of rotatable bonds is 2. The Labute approximate surface area is 113 Å². The summed E-state index contributed by atoms with van der Waals surface area (Å²) >= 11 is 0. The normalized spacial score (nSPS) is 21.9. The Morgan fingerprint density at radius 2 is 1.85 bits per heavy atom. The molecular formula is C12H13FN2O5. The van der Waals surface area contributed by atoms with Crippen molar-refractivity contribution in [2.24, 2.45) is 0 Å². The molecule has 0 radical (unpaired) electrons. The van der Waals surface area contributed by atoms with Gasteiger partial charge in [-0.2, -0.15) is 0 Å². The van der Waals surface area contributed by atoms with Crippen molar-refractivity contribution in [3.05, 3.63) is 29.6 Å². The molecule has 0 aliphatic carbocycles. The van der Waals surface area contributed by atoms with Gasteiger partial charge < -0.3 is 25.5 Å². The van der Waals surface area contributed by atoms with E-state index >= 15 is 0 Å². The highest BCUT2D eigenvalue weighted by atomic mass is 19.1. The van der Waals surface area contributed by atoms with Gasteiger partial charge in [0.15, 0.2) is 0 Å². The Morgan fingerprint density at radius 1 is 1.25 bits per heavy atom. The van der Waals surface area contributed by atoms with E-state index < -0.39 is 30.0 Å². The first kappa shape index (κ1) is 14.2. The monoisotopic (exact) mass is 284 g/mol. The molecule has 2 unspecified atom stereocenters. The number of carboxylic acids is 1. The molecule has 108 valence electrons. The van der Waals surface area contributed by atoms with Crippen LogP contribution in [0.2, 0.25) is 0 Å². The number of carbonyl (C=O) groups excluding carboxylic acids is 1. The summed E-state index contributed by atoms with van der Waals surface area (Å²) in [6.07, 6.45) is -2.09. The van der Waals surface area contributed by atoms with Crippen LogP contribution < -0.4 is 5.32 Å². The van der Waals surface area contributed by atoms with E-state index in [9.17, 15) is 24.2 Å². The van der Waals surface area contributed by atoms with Crippen molar-refractivity contribution in [3.63, 3.8) is 0 Å². The van der Waals surface area contributed by atoms with Gasteiger partial charge in [-0.1, -0.05) is 0 Å². The highest BCUT2D eigenvalue weighted by Crippen LogP contribution is 2.18. The third-order valence-electron chi connectivity index (χ3n) is 3.00. The lowest BCUT2D eigenvalue weighted by Gasteiger charge is -2.16. The fourth-order valence-electron chi connectivity index (χ4n) is 1.88. The Hall–Kier alpha value is -2.19. The number of carboxylic acid groups (broad SMARTS) is 1. The lowest BCUT2D eigenvalue weighted by Crippen LogP contribution is -2.34. The largest absolute Gasteiger partial charge is 0.478 e. The van der Waals surface area contributed by atoms with Crippen LogP contribution in [0.3, 0.4) is 0 Å². The maximum atomic E-state index is 13.5. The van der Waals surface area contributed by atoms with Crippen LogP contribution in [-0.2, 0) is 0 Å². The van der Waals surface area contributed by atoms with Crippen molar-refractivity contribution in [2.45, 2.75) is 12.2 Å². The standard InChI is InChI=1S/C12H13FN2O5/c13-7-2-1-6(11(18)19)3-8(7)14-12(20)15-4-9(16)10(17)5-15/h1-3,9-10,16-17H,4-5H2,(H,14,20)(H,18,19). The van der Waals surface area contributed by atoms with E-state index in [0.717, 1.165) is 23.1 Å². The number of hydrogen-bond acceptors (Lipinski definition) is 4. The minimum absolute atomic E-state index is 0.0762. The highest BCUT2D eigenvalue weighted by molar-refractivity contribution is 5.93. The fraction of sp³-hybridized carbons (Fsp3) is 0.333. The van der Waals surface area contributed by atoms with Crippen molar-refractivity contribution >= 4 is 17.7 Å². The van der Waals surface area contributed by atoms with E-state index in [1.54, 1.807) is 0 Å². The molecule has 1 aliphatic heterocycles. The molecule has 2 rings (SSSR count). The van der Waals surface area contributed by atoms with E-state index in [1.807, 2.05) is 0 Å². The number of benzene rings is 1. The summed E-state index contributed by atoms with van der Waals surface area (Å²) < 4.78 is 13.5. The van der Waals surface area contributed by atoms with Crippen LogP contribution in [0.5, 0.6) is 0 Å². The minimum atomic E-state index is -1.24. The molecule has 7 nitrogen and oxygen atoms in total. The second-order valence-corrected chi connectivity index (χ2v) is 4.47. The van der Waals surface area contributed by atoms with Crippen LogP contribution in [0.4, 0.5) is 14.9 Å². The lowest BCUT2D eigenvalue weighted by molar-refractivity contribution is 0.0572. The van der Waals surface area contributed by atoms with Crippen LogP contribution in [0.15, 0.2) is 18.2 Å². The number of likely N-dealkylation sites (tertiary alicyclic amines) is 1. The van der Waals surface area contributed by atoms with Crippen LogP contribution in [-0.4, -0.2) is 57.5 Å². The predicted molar refractivity (Wildman–Crippen MR) is 66.0 cm³/mol. The Balaban J connectivity index is 2.12. The van der Waals surface area contributed by atoms with Crippen LogP contribution >= 0.6 is 0 Å². The number of nitrogens with zero attached hydrogens (tertiary/aromatic N) is 1. The Morgan fingerprint density at radius 3 is 2.40 bits per heavy atom. The van der Waals surface area contributed by atoms with Gasteiger partial charge in [0.2, 0.25) is 0 Å². The molecule has 1 aliphatic rings. The zero-order valence-corrected chi connectivity index (χ0v) is 10.3. The van der Waals surface area contributed by atoms with Crippen LogP contribution in [0.1, 0.15) is 10.4 Å². The second kappa shape index (κ2) is 5.43. The van der Waals surface area contributed by atoms with E-state index in [2.05, 4.69) is 5.32 Å². The van der Waals surface area contributed by atoms with Crippen molar-refractivity contribution in [1.82, 2.24) is 4.90 Å². The quantitative estimate of drug-likeness (QED) is 0.615. The maximum absolute atomic E-state index is 13.5. The summed E-state index contributed by atoms with van der Waals surface area (Å²) in [5, 5.41) is 29.7. The molecule has 1 aromatic carbocycles. The van der Waals surface area contributed by atoms with Gasteiger partial charge in [-0.25, -0.2) is 14.0 Å². The highest BCUT2D eigenvalue weighted by Gasteiger charge is 2.32. The maximum Gasteiger partial charge on any atom is 0.335 e. The van der Waals surface area contributed by atoms with Gasteiger partial charge in [-0.3, -0.25) is 0 Å². The molecular weight excluding hydrogens is 271 g/mol. The number of anilines is 1. The molecule has 2 atom stereocenters. The molecule has 20 heavy (non-hydrogen) atoms. The third kappa shape index (κ3) is 2.86. The molecule has 0 spiro atoms. The number of nitrogens with one attached hydrogen (secondary N) is 1. The summed E-state index contributed by atoms with van der Waals surface area (Å²) in [5.41, 5.74) is -0.436. The number of β-amino-alcohol motifs (C(OH)–C–C–N with tert-alkyl or cyclic N) is 2. The zero-order valence-electron chi connectivity index (χ0n) is 10.3. The molecule has 0 bridgehead atoms. The molecule has 0 saturated carbocycles. The van der Waals surface area contributed by atoms with Gasteiger partial charge in [0.05, 0.1) is 36.5 Å². The van der Waals surface area contributed by atoms with Gasteiger partial charge in [0, 0.05) is 0 Å². The van der Waals surface area contributed by atoms with E-state index in [0.29, 0.717) is 0 Å². The Kier molecular flexibility index (Phi) is 3.86. The third-order valence-corrected chi connectivity index (χ3v) is 3.00. The lowest BCUT2D eigenvalue weighted by atomic mass is 10.2. The second-order valence-electron chi connectivity index (χ2n) is 4.47. The SMILES string of the molecule is O=C(O)c1ccc(F)c(NC(=O)N2CC(O)C(O)C2)c1. The summed E-state index contributed by atoms with van der Waals surface area (Å²) in [6.45, 7) is -0.152. The average molecular weight is 284 g/mol. The van der Waals surface area contributed by atoms with Gasteiger partial charge in [-0.05, 0) is 18.2 Å². The zero-order chi connectivity index (χ0) is 14.9. The minimum Gasteiger partial charge on any atom is -0.478 e. The number of aliphatic hydroxyl groups excluding tert-OH is 2. The van der Waals surface area contributed by atoms with Crippen LogP contribution in [0, 0.1) is 5.82 Å². The topological polar surface area (TPSA) is 110 Å². The van der Waals surface area contributed by atoms with Crippen molar-refractivity contribution in [2.75, 3.05) is 18.4 Å². The summed E-state index contributed by atoms with van der Waals surface area (Å²) in [6, 6.07) is 2.30. The average Bonchev–Trinajstić information content (AvgIpc) is 2.72. The molecule has 8 heteroatoms. The number of halogens is 1. The summed E-state index contributed by atoms with van der Waals surface area (Å²) in [7, 11) is 0. The van der Waals surface area contributed by atoms with E-state index in [-0.39, 0.29) is 24.3 Å². The summed E-state index contributed by atoms with van der Waals surface area (Å²) in [4.78, 5) is 23.7. The number of hydrogen-bond donors (Lipinski definition) is 4. The van der Waals surface area contributed by atoms with Gasteiger partial charge in [0.25, 0.3) is 0 Å². The van der Waals surface area contributed by atoms with E-state index in [1.165, 1.54) is 0 Å². The van der Waals surface area contributed by atoms with Crippen molar-refractivity contribution < 1.29 is 29.3 Å². The molecule has 1 heterocycles. The van der Waals surface area contributed by atoms with E-state index in [4.69, 9.17) is 5.11 Å². The number of amides is 2. The number of carbonyl (C=O) groups is 2. The predicted octanol–water partition coefficient (Wildman–Crippen LogP) is 0.0932. The fourth-order valence-corrected chi connectivity index (χ4v) is 1.88. The number of aliphatic hydroxyl groups is 2.